The first-order valence-corrected chi connectivity index (χ1v) is 10.6. The van der Waals surface area contributed by atoms with E-state index in [1.807, 2.05) is 0 Å². The first-order valence-electron chi connectivity index (χ1n) is 10.3. The molecule has 0 aromatic carbocycles. The molecule has 0 aliphatic carbocycles. The van der Waals surface area contributed by atoms with E-state index >= 15 is 0 Å². The van der Waals surface area contributed by atoms with Gasteiger partial charge in [-0.25, -0.2) is 14.5 Å². The molecule has 0 bridgehead atoms. The highest BCUT2D eigenvalue weighted by atomic mass is 35.5. The van der Waals surface area contributed by atoms with Crippen LogP contribution in [0.15, 0.2) is 29.6 Å². The standard InChI is InChI=1S/C21H21ClN8O/c1-12(2)10-29-19(27-30-7-5-14(22)17(30)21(29)31)15-4-3-6-28(15)20-16-13(8-23)9-24-18(16)25-11-26-20/h5,7,9,11-12,15H,3-4,6,10H2,1-2H3,(H,24,25,26)/t15-/m0/s1. The Hall–Kier alpha value is -3.38. The predicted octanol–water partition coefficient (Wildman–Crippen LogP) is 3.29. The van der Waals surface area contributed by atoms with Crippen LogP contribution in [0.4, 0.5) is 5.82 Å². The summed E-state index contributed by atoms with van der Waals surface area (Å²) in [4.78, 5) is 27.3. The number of nitrogens with one attached hydrogen (secondary N) is 1. The summed E-state index contributed by atoms with van der Waals surface area (Å²) in [5.41, 5.74) is 1.36. The summed E-state index contributed by atoms with van der Waals surface area (Å²) in [6.07, 6.45) is 6.60. The molecule has 31 heavy (non-hydrogen) atoms. The Bertz CT molecular complexity index is 1390. The molecule has 0 radical (unpaired) electrons. The summed E-state index contributed by atoms with van der Waals surface area (Å²) < 4.78 is 3.31. The summed E-state index contributed by atoms with van der Waals surface area (Å²) in [7, 11) is 0. The van der Waals surface area contributed by atoms with Crippen LogP contribution in [0.25, 0.3) is 16.6 Å². The number of nitrogens with zero attached hydrogens (tertiary/aromatic N) is 7. The number of halogens is 1. The zero-order chi connectivity index (χ0) is 21.7. The van der Waals surface area contributed by atoms with Gasteiger partial charge in [-0.3, -0.25) is 9.36 Å². The van der Waals surface area contributed by atoms with Crippen LogP contribution in [-0.2, 0) is 6.54 Å². The summed E-state index contributed by atoms with van der Waals surface area (Å²) in [5.74, 6) is 1.61. The van der Waals surface area contributed by atoms with Crippen molar-refractivity contribution in [1.29, 1.82) is 5.26 Å². The monoisotopic (exact) mass is 436 g/mol. The maximum atomic E-state index is 13.4. The van der Waals surface area contributed by atoms with E-state index in [2.05, 4.69) is 39.8 Å². The van der Waals surface area contributed by atoms with Gasteiger partial charge in [-0.2, -0.15) is 10.4 Å². The van der Waals surface area contributed by atoms with Gasteiger partial charge in [0.1, 0.15) is 29.4 Å². The summed E-state index contributed by atoms with van der Waals surface area (Å²) in [5, 5.41) is 15.5. The lowest BCUT2D eigenvalue weighted by molar-refractivity contribution is 0.458. The molecule has 0 amide bonds. The third-order valence-electron chi connectivity index (χ3n) is 5.69. The lowest BCUT2D eigenvalue weighted by Crippen LogP contribution is -2.35. The number of aromatic nitrogens is 6. The molecular formula is C21H21ClN8O. The molecule has 4 aromatic rings. The predicted molar refractivity (Wildman–Crippen MR) is 117 cm³/mol. The Morgan fingerprint density at radius 3 is 3.00 bits per heavy atom. The molecule has 5 heterocycles. The number of hydrogen-bond acceptors (Lipinski definition) is 6. The van der Waals surface area contributed by atoms with Crippen molar-refractivity contribution in [2.45, 2.75) is 39.3 Å². The normalized spacial score (nSPS) is 16.6. The zero-order valence-corrected chi connectivity index (χ0v) is 18.0. The molecule has 5 rings (SSSR count). The maximum Gasteiger partial charge on any atom is 0.279 e. The van der Waals surface area contributed by atoms with Gasteiger partial charge in [0.15, 0.2) is 5.82 Å². The van der Waals surface area contributed by atoms with E-state index in [0.717, 1.165) is 19.4 Å². The highest BCUT2D eigenvalue weighted by Gasteiger charge is 2.33. The van der Waals surface area contributed by atoms with E-state index in [9.17, 15) is 10.1 Å². The SMILES string of the molecule is CC(C)Cn1c([C@@H]2CCCN2c2ncnc3[nH]cc(C#N)c23)nn2ccc(Cl)c2c1=O. The second-order valence-electron chi connectivity index (χ2n) is 8.21. The van der Waals surface area contributed by atoms with Crippen molar-refractivity contribution in [3.63, 3.8) is 0 Å². The van der Waals surface area contributed by atoms with Gasteiger partial charge in [0.05, 0.1) is 22.0 Å². The van der Waals surface area contributed by atoms with Crippen molar-refractivity contribution in [2.75, 3.05) is 11.4 Å². The summed E-state index contributed by atoms with van der Waals surface area (Å²) in [6, 6.07) is 3.75. The van der Waals surface area contributed by atoms with Crippen molar-refractivity contribution in [2.24, 2.45) is 5.92 Å². The average Bonchev–Trinajstić information content (AvgIpc) is 3.47. The van der Waals surface area contributed by atoms with Crippen LogP contribution in [0.3, 0.4) is 0 Å². The Morgan fingerprint density at radius 2 is 2.23 bits per heavy atom. The van der Waals surface area contributed by atoms with Gasteiger partial charge in [-0.05, 0) is 24.8 Å². The number of hydrogen-bond donors (Lipinski definition) is 1. The van der Waals surface area contributed by atoms with Crippen LogP contribution in [0, 0.1) is 17.2 Å². The number of fused-ring (bicyclic) bond motifs is 2. The van der Waals surface area contributed by atoms with E-state index in [0.29, 0.717) is 45.3 Å². The topological polar surface area (TPSA) is 108 Å². The highest BCUT2D eigenvalue weighted by Crippen LogP contribution is 2.38. The number of aromatic amines is 1. The quantitative estimate of drug-likeness (QED) is 0.526. The number of anilines is 1. The second-order valence-corrected chi connectivity index (χ2v) is 8.62. The summed E-state index contributed by atoms with van der Waals surface area (Å²) in [6.45, 7) is 5.42. The smallest absolute Gasteiger partial charge is 0.279 e. The maximum absolute atomic E-state index is 13.4. The summed E-state index contributed by atoms with van der Waals surface area (Å²) >= 11 is 6.27. The van der Waals surface area contributed by atoms with E-state index in [-0.39, 0.29) is 17.5 Å². The molecule has 1 N–H and O–H groups in total. The second kappa shape index (κ2) is 7.39. The van der Waals surface area contributed by atoms with Crippen molar-refractivity contribution >= 4 is 34.0 Å². The number of nitriles is 1. The van der Waals surface area contributed by atoms with E-state index in [1.165, 1.54) is 6.33 Å². The van der Waals surface area contributed by atoms with E-state index in [1.54, 1.807) is 27.5 Å². The van der Waals surface area contributed by atoms with Crippen LogP contribution >= 0.6 is 11.6 Å². The largest absolute Gasteiger partial charge is 0.346 e. The van der Waals surface area contributed by atoms with Crippen LogP contribution in [-0.4, -0.2) is 35.7 Å². The molecule has 10 heteroatoms. The van der Waals surface area contributed by atoms with Crippen LogP contribution in [0.5, 0.6) is 0 Å². The van der Waals surface area contributed by atoms with Gasteiger partial charge in [-0.1, -0.05) is 25.4 Å². The van der Waals surface area contributed by atoms with E-state index in [4.69, 9.17) is 16.7 Å². The third kappa shape index (κ3) is 3.06. The van der Waals surface area contributed by atoms with Crippen LogP contribution < -0.4 is 10.5 Å². The van der Waals surface area contributed by atoms with Crippen LogP contribution in [0.1, 0.15) is 44.1 Å². The third-order valence-corrected chi connectivity index (χ3v) is 6.00. The molecular weight excluding hydrogens is 416 g/mol. The molecule has 158 valence electrons. The Kier molecular flexibility index (Phi) is 4.67. The molecule has 0 spiro atoms. The van der Waals surface area contributed by atoms with Gasteiger partial charge in [0.2, 0.25) is 0 Å². The molecule has 0 unspecified atom stereocenters. The van der Waals surface area contributed by atoms with Crippen molar-refractivity contribution < 1.29 is 0 Å². The van der Waals surface area contributed by atoms with Gasteiger partial charge in [0.25, 0.3) is 5.56 Å². The number of H-pyrrole nitrogens is 1. The number of rotatable bonds is 4. The lowest BCUT2D eigenvalue weighted by Gasteiger charge is -2.28. The minimum atomic E-state index is -0.156. The molecule has 1 atom stereocenters. The minimum absolute atomic E-state index is 0.146. The first kappa shape index (κ1) is 19.6. The van der Waals surface area contributed by atoms with Crippen molar-refractivity contribution in [1.82, 2.24) is 29.1 Å². The molecule has 1 aliphatic heterocycles. The fraction of sp³-hybridized carbons (Fsp3) is 0.381. The highest BCUT2D eigenvalue weighted by molar-refractivity contribution is 6.33. The zero-order valence-electron chi connectivity index (χ0n) is 17.2. The van der Waals surface area contributed by atoms with Gasteiger partial charge >= 0.3 is 0 Å². The fourth-order valence-electron chi connectivity index (χ4n) is 4.41. The Balaban J connectivity index is 1.71. The average molecular weight is 437 g/mol. The molecule has 1 aliphatic rings. The van der Waals surface area contributed by atoms with Gasteiger partial charge in [-0.15, -0.1) is 0 Å². The molecule has 9 nitrogen and oxygen atoms in total. The molecule has 0 saturated carbocycles. The Morgan fingerprint density at radius 1 is 1.39 bits per heavy atom. The molecule has 4 aromatic heterocycles. The molecule has 1 fully saturated rings. The fourth-order valence-corrected chi connectivity index (χ4v) is 4.63. The van der Waals surface area contributed by atoms with Crippen molar-refractivity contribution in [3.8, 4) is 6.07 Å². The van der Waals surface area contributed by atoms with E-state index < -0.39 is 0 Å². The van der Waals surface area contributed by atoms with Gasteiger partial charge < -0.3 is 9.88 Å². The minimum Gasteiger partial charge on any atom is -0.346 e. The van der Waals surface area contributed by atoms with Crippen molar-refractivity contribution in [3.05, 3.63) is 51.6 Å². The first-order chi connectivity index (χ1) is 15.0. The van der Waals surface area contributed by atoms with Gasteiger partial charge in [0, 0.05) is 25.5 Å². The lowest BCUT2D eigenvalue weighted by atomic mass is 10.1. The molecule has 1 saturated heterocycles. The van der Waals surface area contributed by atoms with Crippen LogP contribution in [0.2, 0.25) is 5.02 Å². The Labute approximate surface area is 182 Å².